The van der Waals surface area contributed by atoms with Crippen LogP contribution in [0.1, 0.15) is 25.2 Å². The smallest absolute Gasteiger partial charge is 0.191 e. The molecule has 0 saturated carbocycles. The van der Waals surface area contributed by atoms with Crippen molar-refractivity contribution in [2.45, 2.75) is 26.0 Å². The Morgan fingerprint density at radius 3 is 2.71 bits per heavy atom. The number of hydrogen-bond acceptors (Lipinski definition) is 4. The SMILES string of the molecule is CCNC(=NCc1ccccc1OC)NCC(C)(O)c1ccco1. The van der Waals surface area contributed by atoms with Gasteiger partial charge in [-0.1, -0.05) is 18.2 Å². The second-order valence-corrected chi connectivity index (χ2v) is 5.61. The summed E-state index contributed by atoms with van der Waals surface area (Å²) in [6.45, 7) is 5.16. The quantitative estimate of drug-likeness (QED) is 0.536. The summed E-state index contributed by atoms with van der Waals surface area (Å²) in [6, 6.07) is 11.3. The van der Waals surface area contributed by atoms with Crippen molar-refractivity contribution in [1.82, 2.24) is 10.6 Å². The van der Waals surface area contributed by atoms with E-state index in [1.807, 2.05) is 31.2 Å². The lowest BCUT2D eigenvalue weighted by Gasteiger charge is -2.22. The minimum absolute atomic E-state index is 0.276. The molecule has 2 rings (SSSR count). The van der Waals surface area contributed by atoms with Crippen molar-refractivity contribution in [1.29, 1.82) is 0 Å². The number of nitrogens with zero attached hydrogens (tertiary/aromatic N) is 1. The van der Waals surface area contributed by atoms with Crippen molar-refractivity contribution in [3.05, 3.63) is 54.0 Å². The normalized spacial score (nSPS) is 14.1. The second kappa shape index (κ2) is 8.40. The monoisotopic (exact) mass is 331 g/mol. The summed E-state index contributed by atoms with van der Waals surface area (Å²) in [5.41, 5.74) is -0.126. The molecule has 0 saturated heterocycles. The number of ether oxygens (including phenoxy) is 1. The molecule has 1 atom stereocenters. The number of benzene rings is 1. The number of guanidine groups is 1. The lowest BCUT2D eigenvalue weighted by molar-refractivity contribution is 0.0386. The first-order valence-corrected chi connectivity index (χ1v) is 7.97. The van der Waals surface area contributed by atoms with Crippen LogP contribution in [0.5, 0.6) is 5.75 Å². The summed E-state index contributed by atoms with van der Waals surface area (Å²) in [4.78, 5) is 4.55. The number of aliphatic hydroxyl groups is 1. The Kier molecular flexibility index (Phi) is 6.26. The Labute approximate surface area is 142 Å². The van der Waals surface area contributed by atoms with E-state index in [4.69, 9.17) is 9.15 Å². The van der Waals surface area contributed by atoms with Crippen molar-refractivity contribution in [2.24, 2.45) is 4.99 Å². The van der Waals surface area contributed by atoms with E-state index in [-0.39, 0.29) is 6.54 Å². The predicted molar refractivity (Wildman–Crippen MR) is 94.1 cm³/mol. The highest BCUT2D eigenvalue weighted by atomic mass is 16.5. The minimum Gasteiger partial charge on any atom is -0.496 e. The molecule has 0 radical (unpaired) electrons. The molecule has 0 aliphatic heterocycles. The van der Waals surface area contributed by atoms with Gasteiger partial charge in [0.15, 0.2) is 5.96 Å². The first kappa shape index (κ1) is 17.9. The molecular weight excluding hydrogens is 306 g/mol. The molecule has 1 heterocycles. The van der Waals surface area contributed by atoms with Crippen LogP contribution >= 0.6 is 0 Å². The molecule has 2 aromatic rings. The molecule has 6 nitrogen and oxygen atoms in total. The van der Waals surface area contributed by atoms with Crippen LogP contribution in [0.3, 0.4) is 0 Å². The summed E-state index contributed by atoms with van der Waals surface area (Å²) in [6.07, 6.45) is 1.55. The Morgan fingerprint density at radius 1 is 1.25 bits per heavy atom. The first-order chi connectivity index (χ1) is 11.6. The zero-order chi connectivity index (χ0) is 17.4. The Balaban J connectivity index is 2.03. The molecule has 0 spiro atoms. The molecule has 1 aromatic heterocycles. The van der Waals surface area contributed by atoms with Crippen LogP contribution in [0, 0.1) is 0 Å². The van der Waals surface area contributed by atoms with Gasteiger partial charge < -0.3 is 24.9 Å². The highest BCUT2D eigenvalue weighted by molar-refractivity contribution is 5.79. The number of aliphatic imine (C=N–C) groups is 1. The van der Waals surface area contributed by atoms with Crippen LogP contribution < -0.4 is 15.4 Å². The lowest BCUT2D eigenvalue weighted by Crippen LogP contribution is -2.44. The van der Waals surface area contributed by atoms with Crippen LogP contribution in [0.2, 0.25) is 0 Å². The maximum absolute atomic E-state index is 10.5. The number of methoxy groups -OCH3 is 1. The van der Waals surface area contributed by atoms with Gasteiger partial charge in [0.05, 0.1) is 26.5 Å². The van der Waals surface area contributed by atoms with Crippen LogP contribution in [-0.2, 0) is 12.1 Å². The van der Waals surface area contributed by atoms with E-state index < -0.39 is 5.60 Å². The fourth-order valence-corrected chi connectivity index (χ4v) is 2.27. The Morgan fingerprint density at radius 2 is 2.04 bits per heavy atom. The van der Waals surface area contributed by atoms with Crippen molar-refractivity contribution < 1.29 is 14.3 Å². The van der Waals surface area contributed by atoms with Crippen molar-refractivity contribution in [3.8, 4) is 5.75 Å². The third-order valence-electron chi connectivity index (χ3n) is 3.60. The summed E-state index contributed by atoms with van der Waals surface area (Å²) >= 11 is 0. The maximum atomic E-state index is 10.5. The van der Waals surface area contributed by atoms with E-state index in [1.165, 1.54) is 0 Å². The maximum Gasteiger partial charge on any atom is 0.191 e. The van der Waals surface area contributed by atoms with Gasteiger partial charge in [-0.2, -0.15) is 0 Å². The molecule has 0 fully saturated rings. The van der Waals surface area contributed by atoms with Crippen LogP contribution in [-0.4, -0.2) is 31.3 Å². The molecular formula is C18H25N3O3. The van der Waals surface area contributed by atoms with Gasteiger partial charge in [-0.15, -0.1) is 0 Å². The van der Waals surface area contributed by atoms with Crippen LogP contribution in [0.15, 0.2) is 52.1 Å². The molecule has 0 bridgehead atoms. The zero-order valence-electron chi connectivity index (χ0n) is 14.4. The van der Waals surface area contributed by atoms with E-state index in [0.717, 1.165) is 17.9 Å². The van der Waals surface area contributed by atoms with Crippen molar-refractivity contribution in [3.63, 3.8) is 0 Å². The number of para-hydroxylation sites is 1. The Hall–Kier alpha value is -2.47. The summed E-state index contributed by atoms with van der Waals surface area (Å²) in [5.74, 6) is 1.94. The van der Waals surface area contributed by atoms with Gasteiger partial charge >= 0.3 is 0 Å². The van der Waals surface area contributed by atoms with Crippen LogP contribution in [0.25, 0.3) is 0 Å². The van der Waals surface area contributed by atoms with Crippen molar-refractivity contribution in [2.75, 3.05) is 20.2 Å². The molecule has 0 aliphatic rings. The van der Waals surface area contributed by atoms with E-state index in [9.17, 15) is 5.11 Å². The van der Waals surface area contributed by atoms with Gasteiger partial charge in [0.1, 0.15) is 17.1 Å². The van der Waals surface area contributed by atoms with E-state index in [0.29, 0.717) is 18.3 Å². The van der Waals surface area contributed by atoms with Gasteiger partial charge in [-0.25, -0.2) is 4.99 Å². The molecule has 1 unspecified atom stereocenters. The average Bonchev–Trinajstić information content (AvgIpc) is 3.13. The zero-order valence-corrected chi connectivity index (χ0v) is 14.4. The van der Waals surface area contributed by atoms with E-state index in [2.05, 4.69) is 15.6 Å². The van der Waals surface area contributed by atoms with Gasteiger partial charge in [0.2, 0.25) is 0 Å². The topological polar surface area (TPSA) is 79.0 Å². The number of rotatable bonds is 7. The fourth-order valence-electron chi connectivity index (χ4n) is 2.27. The van der Waals surface area contributed by atoms with Crippen LogP contribution in [0.4, 0.5) is 0 Å². The number of nitrogens with one attached hydrogen (secondary N) is 2. The molecule has 3 N–H and O–H groups in total. The molecule has 0 amide bonds. The standard InChI is InChI=1S/C18H25N3O3/c1-4-19-17(20-12-14-8-5-6-9-15(14)23-3)21-13-18(2,22)16-10-7-11-24-16/h5-11,22H,4,12-13H2,1-3H3,(H2,19,20,21). The fraction of sp³-hybridized carbons (Fsp3) is 0.389. The third kappa shape index (κ3) is 4.76. The highest BCUT2D eigenvalue weighted by Gasteiger charge is 2.26. The molecule has 1 aromatic carbocycles. The minimum atomic E-state index is -1.12. The largest absolute Gasteiger partial charge is 0.496 e. The summed E-state index contributed by atoms with van der Waals surface area (Å²) < 4.78 is 10.6. The predicted octanol–water partition coefficient (Wildman–Crippen LogP) is 2.25. The number of hydrogen-bond donors (Lipinski definition) is 3. The first-order valence-electron chi connectivity index (χ1n) is 7.97. The van der Waals surface area contributed by atoms with Gasteiger partial charge in [0.25, 0.3) is 0 Å². The number of furan rings is 1. The average molecular weight is 331 g/mol. The van der Waals surface area contributed by atoms with E-state index in [1.54, 1.807) is 32.4 Å². The second-order valence-electron chi connectivity index (χ2n) is 5.61. The van der Waals surface area contributed by atoms with Gasteiger partial charge in [-0.05, 0) is 32.0 Å². The lowest BCUT2D eigenvalue weighted by atomic mass is 10.0. The highest BCUT2D eigenvalue weighted by Crippen LogP contribution is 2.20. The third-order valence-corrected chi connectivity index (χ3v) is 3.60. The van der Waals surface area contributed by atoms with Gasteiger partial charge in [0, 0.05) is 12.1 Å². The molecule has 24 heavy (non-hydrogen) atoms. The summed E-state index contributed by atoms with van der Waals surface area (Å²) in [5, 5.41) is 16.8. The van der Waals surface area contributed by atoms with E-state index >= 15 is 0 Å². The van der Waals surface area contributed by atoms with Gasteiger partial charge in [-0.3, -0.25) is 0 Å². The summed E-state index contributed by atoms with van der Waals surface area (Å²) in [7, 11) is 1.65. The van der Waals surface area contributed by atoms with Crippen molar-refractivity contribution >= 4 is 5.96 Å². The molecule has 6 heteroatoms. The molecule has 0 aliphatic carbocycles. The molecule has 130 valence electrons. The Bertz CT molecular complexity index is 651.